The van der Waals surface area contributed by atoms with E-state index in [9.17, 15) is 14.0 Å². The standard InChI is InChI=1S/C28H25FN4O3/c1-2-36-24-14-8-21(9-15-24)26(27(34)32-23-12-10-22(29)11-13-23)33(19-20-6-4-3-5-7-20)28(35)25-18-30-16-17-31-25/h3-18,26H,2,19H2,1H3,(H,32,34). The van der Waals surface area contributed by atoms with Crippen molar-refractivity contribution < 1.29 is 18.7 Å². The smallest absolute Gasteiger partial charge is 0.275 e. The van der Waals surface area contributed by atoms with Crippen molar-refractivity contribution in [3.05, 3.63) is 120 Å². The number of nitrogens with one attached hydrogen (secondary N) is 1. The molecule has 0 fully saturated rings. The lowest BCUT2D eigenvalue weighted by atomic mass is 10.0. The van der Waals surface area contributed by atoms with Crippen LogP contribution in [0.3, 0.4) is 0 Å². The molecule has 2 amide bonds. The normalized spacial score (nSPS) is 11.4. The molecular formula is C28H25FN4O3. The fourth-order valence-electron chi connectivity index (χ4n) is 3.75. The second kappa shape index (κ2) is 11.7. The largest absolute Gasteiger partial charge is 0.494 e. The zero-order valence-corrected chi connectivity index (χ0v) is 19.7. The molecule has 0 saturated heterocycles. The third-order valence-corrected chi connectivity index (χ3v) is 5.42. The molecule has 1 atom stereocenters. The summed E-state index contributed by atoms with van der Waals surface area (Å²) in [5, 5.41) is 2.81. The molecule has 182 valence electrons. The Balaban J connectivity index is 1.77. The van der Waals surface area contributed by atoms with Crippen molar-refractivity contribution in [2.45, 2.75) is 19.5 Å². The van der Waals surface area contributed by atoms with Gasteiger partial charge in [0.2, 0.25) is 0 Å². The Bertz CT molecular complexity index is 1280. The highest BCUT2D eigenvalue weighted by atomic mass is 19.1. The van der Waals surface area contributed by atoms with Crippen LogP contribution in [0.15, 0.2) is 97.5 Å². The van der Waals surface area contributed by atoms with Crippen LogP contribution in [0.2, 0.25) is 0 Å². The Morgan fingerprint density at radius 3 is 2.33 bits per heavy atom. The molecule has 0 aliphatic heterocycles. The molecule has 3 aromatic carbocycles. The highest BCUT2D eigenvalue weighted by Gasteiger charge is 2.33. The van der Waals surface area contributed by atoms with Crippen LogP contribution in [0.25, 0.3) is 0 Å². The average Bonchev–Trinajstić information content (AvgIpc) is 2.91. The number of ether oxygens (including phenoxy) is 1. The Morgan fingerprint density at radius 2 is 1.69 bits per heavy atom. The molecule has 4 aromatic rings. The summed E-state index contributed by atoms with van der Waals surface area (Å²) in [5.74, 6) is -0.688. The van der Waals surface area contributed by atoms with E-state index < -0.39 is 23.7 Å². The Kier molecular flexibility index (Phi) is 7.97. The van der Waals surface area contributed by atoms with E-state index in [4.69, 9.17) is 4.74 Å². The lowest BCUT2D eigenvalue weighted by Crippen LogP contribution is -2.41. The van der Waals surface area contributed by atoms with E-state index in [0.29, 0.717) is 23.6 Å². The lowest BCUT2D eigenvalue weighted by molar-refractivity contribution is -0.121. The summed E-state index contributed by atoms with van der Waals surface area (Å²) in [6.45, 7) is 2.53. The van der Waals surface area contributed by atoms with Gasteiger partial charge in [0, 0.05) is 24.6 Å². The molecule has 0 saturated carbocycles. The summed E-state index contributed by atoms with van der Waals surface area (Å²) in [6.07, 6.45) is 4.27. The fraction of sp³-hybridized carbons (Fsp3) is 0.143. The molecule has 8 heteroatoms. The van der Waals surface area contributed by atoms with Crippen LogP contribution in [-0.2, 0) is 11.3 Å². The van der Waals surface area contributed by atoms with E-state index in [1.54, 1.807) is 24.3 Å². The Morgan fingerprint density at radius 1 is 0.972 bits per heavy atom. The van der Waals surface area contributed by atoms with Crippen molar-refractivity contribution >= 4 is 17.5 Å². The third-order valence-electron chi connectivity index (χ3n) is 5.42. The van der Waals surface area contributed by atoms with Gasteiger partial charge in [-0.15, -0.1) is 0 Å². The molecule has 1 heterocycles. The number of carbonyl (C=O) groups is 2. The number of hydrogen-bond acceptors (Lipinski definition) is 5. The van der Waals surface area contributed by atoms with Crippen molar-refractivity contribution in [1.29, 1.82) is 0 Å². The summed E-state index contributed by atoms with van der Waals surface area (Å²) in [4.78, 5) is 37.0. The number of carbonyl (C=O) groups excluding carboxylic acids is 2. The van der Waals surface area contributed by atoms with Crippen molar-refractivity contribution in [2.75, 3.05) is 11.9 Å². The molecule has 4 rings (SSSR count). The van der Waals surface area contributed by atoms with E-state index in [2.05, 4.69) is 15.3 Å². The molecule has 7 nitrogen and oxygen atoms in total. The summed E-state index contributed by atoms with van der Waals surface area (Å²) in [5.41, 5.74) is 1.93. The highest BCUT2D eigenvalue weighted by molar-refractivity contribution is 6.00. The first-order chi connectivity index (χ1) is 17.5. The maximum absolute atomic E-state index is 13.7. The number of benzene rings is 3. The van der Waals surface area contributed by atoms with Gasteiger partial charge in [-0.3, -0.25) is 14.6 Å². The maximum atomic E-state index is 13.7. The summed E-state index contributed by atoms with van der Waals surface area (Å²) in [6, 6.07) is 20.8. The zero-order chi connectivity index (χ0) is 25.3. The van der Waals surface area contributed by atoms with Crippen LogP contribution in [0.4, 0.5) is 10.1 Å². The van der Waals surface area contributed by atoms with E-state index >= 15 is 0 Å². The summed E-state index contributed by atoms with van der Waals surface area (Å²) < 4.78 is 19.0. The van der Waals surface area contributed by atoms with Gasteiger partial charge >= 0.3 is 0 Å². The molecule has 0 bridgehead atoms. The van der Waals surface area contributed by atoms with Crippen molar-refractivity contribution in [3.8, 4) is 5.75 Å². The maximum Gasteiger partial charge on any atom is 0.275 e. The van der Waals surface area contributed by atoms with Crippen LogP contribution in [0.5, 0.6) is 5.75 Å². The van der Waals surface area contributed by atoms with Crippen LogP contribution in [-0.4, -0.2) is 33.3 Å². The zero-order valence-electron chi connectivity index (χ0n) is 19.7. The second-order valence-corrected chi connectivity index (χ2v) is 7.91. The van der Waals surface area contributed by atoms with Crippen molar-refractivity contribution in [2.24, 2.45) is 0 Å². The summed E-state index contributed by atoms with van der Waals surface area (Å²) >= 11 is 0. The monoisotopic (exact) mass is 484 g/mol. The van der Waals surface area contributed by atoms with Crippen LogP contribution in [0.1, 0.15) is 34.6 Å². The van der Waals surface area contributed by atoms with Gasteiger partial charge in [0.1, 0.15) is 23.3 Å². The van der Waals surface area contributed by atoms with E-state index in [1.807, 2.05) is 37.3 Å². The predicted octanol–water partition coefficient (Wildman–Crippen LogP) is 5.04. The molecule has 0 aliphatic carbocycles. The lowest BCUT2D eigenvalue weighted by Gasteiger charge is -2.31. The molecule has 36 heavy (non-hydrogen) atoms. The predicted molar refractivity (Wildman–Crippen MR) is 134 cm³/mol. The molecule has 1 aromatic heterocycles. The number of rotatable bonds is 9. The number of halogens is 1. The van der Waals surface area contributed by atoms with Crippen LogP contribution in [0, 0.1) is 5.82 Å². The number of hydrogen-bond donors (Lipinski definition) is 1. The molecule has 1 unspecified atom stereocenters. The third kappa shape index (κ3) is 6.09. The van der Waals surface area contributed by atoms with E-state index in [0.717, 1.165) is 5.56 Å². The average molecular weight is 485 g/mol. The Labute approximate surface area is 208 Å². The number of aromatic nitrogens is 2. The van der Waals surface area contributed by atoms with Gasteiger partial charge in [0.05, 0.1) is 12.8 Å². The highest BCUT2D eigenvalue weighted by Crippen LogP contribution is 2.28. The first-order valence-corrected chi connectivity index (χ1v) is 11.4. The van der Waals surface area contributed by atoms with Gasteiger partial charge in [0.15, 0.2) is 0 Å². The first kappa shape index (κ1) is 24.5. The van der Waals surface area contributed by atoms with Crippen molar-refractivity contribution in [3.63, 3.8) is 0 Å². The fourth-order valence-corrected chi connectivity index (χ4v) is 3.75. The van der Waals surface area contributed by atoms with Crippen molar-refractivity contribution in [1.82, 2.24) is 14.9 Å². The minimum atomic E-state index is -1.03. The van der Waals surface area contributed by atoms with Gasteiger partial charge in [-0.25, -0.2) is 9.37 Å². The quantitative estimate of drug-likeness (QED) is 0.360. The minimum absolute atomic E-state index is 0.110. The number of amides is 2. The van der Waals surface area contributed by atoms with Gasteiger partial charge in [-0.1, -0.05) is 42.5 Å². The van der Waals surface area contributed by atoms with Gasteiger partial charge in [-0.2, -0.15) is 0 Å². The second-order valence-electron chi connectivity index (χ2n) is 7.91. The number of nitrogens with zero attached hydrogens (tertiary/aromatic N) is 3. The topological polar surface area (TPSA) is 84.4 Å². The van der Waals surface area contributed by atoms with E-state index in [-0.39, 0.29) is 12.2 Å². The van der Waals surface area contributed by atoms with Gasteiger partial charge in [0.25, 0.3) is 11.8 Å². The van der Waals surface area contributed by atoms with Gasteiger partial charge < -0.3 is 15.0 Å². The molecule has 0 radical (unpaired) electrons. The number of anilines is 1. The molecule has 0 aliphatic rings. The van der Waals surface area contributed by atoms with Crippen LogP contribution < -0.4 is 10.1 Å². The first-order valence-electron chi connectivity index (χ1n) is 11.4. The SMILES string of the molecule is CCOc1ccc(C(C(=O)Nc2ccc(F)cc2)N(Cc2ccccc2)C(=O)c2cnccn2)cc1. The van der Waals surface area contributed by atoms with Gasteiger partial charge in [-0.05, 0) is 54.4 Å². The van der Waals surface area contributed by atoms with E-state index in [1.165, 1.54) is 47.8 Å². The summed E-state index contributed by atoms with van der Waals surface area (Å²) in [7, 11) is 0. The molecule has 1 N–H and O–H groups in total. The molecule has 0 spiro atoms. The molecular weight excluding hydrogens is 459 g/mol. The Hall–Kier alpha value is -4.59. The minimum Gasteiger partial charge on any atom is -0.494 e. The van der Waals surface area contributed by atoms with Crippen LogP contribution >= 0.6 is 0 Å².